The van der Waals surface area contributed by atoms with Crippen LogP contribution in [-0.2, 0) is 4.79 Å². The van der Waals surface area contributed by atoms with E-state index in [1.807, 2.05) is 14.1 Å². The molecule has 17 heavy (non-hydrogen) atoms. The van der Waals surface area contributed by atoms with Crippen molar-refractivity contribution in [3.05, 3.63) is 0 Å². The first kappa shape index (κ1) is 16.4. The molecule has 0 bridgehead atoms. The lowest BCUT2D eigenvalue weighted by Crippen LogP contribution is -2.20. The highest BCUT2D eigenvalue weighted by Gasteiger charge is 2.02. The Balaban J connectivity index is 3.06. The summed E-state index contributed by atoms with van der Waals surface area (Å²) in [7, 11) is 3.63. The molecular formula is C14H29NO2. The molecule has 0 aliphatic rings. The van der Waals surface area contributed by atoms with Crippen molar-refractivity contribution in [3.8, 4) is 0 Å². The van der Waals surface area contributed by atoms with Crippen LogP contribution in [0.5, 0.6) is 0 Å². The van der Waals surface area contributed by atoms with Crippen LogP contribution in [0.1, 0.15) is 64.2 Å². The lowest BCUT2D eigenvalue weighted by Gasteiger charge is -2.09. The van der Waals surface area contributed by atoms with Crippen LogP contribution in [0.3, 0.4) is 0 Å². The maximum atomic E-state index is 11.3. The highest BCUT2D eigenvalue weighted by molar-refractivity contribution is 5.75. The Labute approximate surface area is 106 Å². The molecule has 102 valence electrons. The normalized spacial score (nSPS) is 10.5. The van der Waals surface area contributed by atoms with Gasteiger partial charge in [0.25, 0.3) is 0 Å². The molecule has 0 unspecified atom stereocenters. The highest BCUT2D eigenvalue weighted by atomic mass is 16.2. The Morgan fingerprint density at radius 1 is 0.824 bits per heavy atom. The molecule has 0 rings (SSSR count). The van der Waals surface area contributed by atoms with E-state index in [0.29, 0.717) is 13.0 Å². The zero-order chi connectivity index (χ0) is 12.9. The first-order valence-corrected chi connectivity index (χ1v) is 6.99. The second-order valence-electron chi connectivity index (χ2n) is 4.94. The molecule has 0 fully saturated rings. The van der Waals surface area contributed by atoms with Crippen LogP contribution in [0, 0.1) is 0 Å². The quantitative estimate of drug-likeness (QED) is 0.567. The van der Waals surface area contributed by atoms with Gasteiger partial charge in [-0.25, -0.2) is 0 Å². The Bertz CT molecular complexity index is 181. The van der Waals surface area contributed by atoms with E-state index in [0.717, 1.165) is 19.3 Å². The smallest absolute Gasteiger partial charge is 0.222 e. The number of amides is 1. The zero-order valence-electron chi connectivity index (χ0n) is 11.6. The number of carbonyl (C=O) groups is 1. The van der Waals surface area contributed by atoms with Crippen LogP contribution in [0.4, 0.5) is 0 Å². The van der Waals surface area contributed by atoms with Crippen molar-refractivity contribution in [2.45, 2.75) is 64.2 Å². The predicted octanol–water partition coefficient (Wildman–Crippen LogP) is 2.97. The van der Waals surface area contributed by atoms with E-state index >= 15 is 0 Å². The number of carbonyl (C=O) groups excluding carboxylic acids is 1. The molecule has 1 amide bonds. The van der Waals surface area contributed by atoms with E-state index in [9.17, 15) is 4.79 Å². The molecular weight excluding hydrogens is 214 g/mol. The first-order valence-electron chi connectivity index (χ1n) is 6.99. The van der Waals surface area contributed by atoms with Gasteiger partial charge >= 0.3 is 0 Å². The van der Waals surface area contributed by atoms with Gasteiger partial charge in [-0.3, -0.25) is 4.79 Å². The van der Waals surface area contributed by atoms with Crippen molar-refractivity contribution in [3.63, 3.8) is 0 Å². The van der Waals surface area contributed by atoms with Gasteiger partial charge in [0, 0.05) is 27.1 Å². The van der Waals surface area contributed by atoms with Crippen LogP contribution in [-0.4, -0.2) is 36.6 Å². The maximum Gasteiger partial charge on any atom is 0.222 e. The molecule has 0 radical (unpaired) electrons. The Morgan fingerprint density at radius 3 is 1.65 bits per heavy atom. The summed E-state index contributed by atoms with van der Waals surface area (Å²) in [6, 6.07) is 0. The molecule has 3 nitrogen and oxygen atoms in total. The number of hydrogen-bond acceptors (Lipinski definition) is 2. The average Bonchev–Trinajstić information content (AvgIpc) is 2.31. The van der Waals surface area contributed by atoms with E-state index < -0.39 is 0 Å². The van der Waals surface area contributed by atoms with E-state index in [1.54, 1.807) is 4.90 Å². The van der Waals surface area contributed by atoms with Gasteiger partial charge < -0.3 is 10.0 Å². The van der Waals surface area contributed by atoms with Crippen molar-refractivity contribution in [1.29, 1.82) is 0 Å². The molecule has 0 saturated carbocycles. The Kier molecular flexibility index (Phi) is 11.5. The van der Waals surface area contributed by atoms with Crippen LogP contribution in [0.25, 0.3) is 0 Å². The van der Waals surface area contributed by atoms with E-state index in [-0.39, 0.29) is 5.91 Å². The zero-order valence-corrected chi connectivity index (χ0v) is 11.6. The topological polar surface area (TPSA) is 40.5 Å². The van der Waals surface area contributed by atoms with Crippen LogP contribution in [0.15, 0.2) is 0 Å². The molecule has 0 heterocycles. The summed E-state index contributed by atoms with van der Waals surface area (Å²) in [4.78, 5) is 13.0. The van der Waals surface area contributed by atoms with Gasteiger partial charge in [-0.05, 0) is 12.8 Å². The minimum Gasteiger partial charge on any atom is -0.396 e. The van der Waals surface area contributed by atoms with Crippen molar-refractivity contribution in [1.82, 2.24) is 4.90 Å². The molecule has 0 aliphatic carbocycles. The number of rotatable bonds is 11. The van der Waals surface area contributed by atoms with Gasteiger partial charge in [0.1, 0.15) is 0 Å². The molecule has 0 spiro atoms. The van der Waals surface area contributed by atoms with Crippen LogP contribution >= 0.6 is 0 Å². The summed E-state index contributed by atoms with van der Waals surface area (Å²) < 4.78 is 0. The van der Waals surface area contributed by atoms with Crippen LogP contribution < -0.4 is 0 Å². The SMILES string of the molecule is CN(C)C(=O)CCCCCCCCCCCO. The van der Waals surface area contributed by atoms with Gasteiger partial charge in [0.2, 0.25) is 5.91 Å². The number of hydrogen-bond donors (Lipinski definition) is 1. The Hall–Kier alpha value is -0.570. The third-order valence-electron chi connectivity index (χ3n) is 3.05. The fourth-order valence-electron chi connectivity index (χ4n) is 1.85. The molecule has 0 atom stereocenters. The lowest BCUT2D eigenvalue weighted by molar-refractivity contribution is -0.128. The fraction of sp³-hybridized carbons (Fsp3) is 0.929. The third kappa shape index (κ3) is 11.7. The minimum atomic E-state index is 0.244. The summed E-state index contributed by atoms with van der Waals surface area (Å²) >= 11 is 0. The van der Waals surface area contributed by atoms with Gasteiger partial charge in [0.05, 0.1) is 0 Å². The van der Waals surface area contributed by atoms with E-state index in [2.05, 4.69) is 0 Å². The summed E-state index contributed by atoms with van der Waals surface area (Å²) in [5.41, 5.74) is 0. The minimum absolute atomic E-state index is 0.244. The monoisotopic (exact) mass is 243 g/mol. The number of aliphatic hydroxyl groups is 1. The molecule has 0 aliphatic heterocycles. The molecule has 0 saturated heterocycles. The van der Waals surface area contributed by atoms with Crippen molar-refractivity contribution < 1.29 is 9.90 Å². The summed E-state index contributed by atoms with van der Waals surface area (Å²) in [6.45, 7) is 0.333. The number of unbranched alkanes of at least 4 members (excludes halogenated alkanes) is 8. The van der Waals surface area contributed by atoms with E-state index in [4.69, 9.17) is 5.11 Å². The average molecular weight is 243 g/mol. The second-order valence-corrected chi connectivity index (χ2v) is 4.94. The van der Waals surface area contributed by atoms with Crippen LogP contribution in [0.2, 0.25) is 0 Å². The number of aliphatic hydroxyl groups excluding tert-OH is 1. The molecule has 0 aromatic heterocycles. The maximum absolute atomic E-state index is 11.3. The molecule has 3 heteroatoms. The van der Waals surface area contributed by atoms with Crippen molar-refractivity contribution in [2.75, 3.05) is 20.7 Å². The van der Waals surface area contributed by atoms with E-state index in [1.165, 1.54) is 38.5 Å². The standard InChI is InChI=1S/C14H29NO2/c1-15(2)14(17)12-10-8-6-4-3-5-7-9-11-13-16/h16H,3-13H2,1-2H3. The molecule has 1 N–H and O–H groups in total. The second kappa shape index (κ2) is 11.9. The largest absolute Gasteiger partial charge is 0.396 e. The lowest BCUT2D eigenvalue weighted by atomic mass is 10.1. The van der Waals surface area contributed by atoms with Crippen molar-refractivity contribution in [2.24, 2.45) is 0 Å². The highest BCUT2D eigenvalue weighted by Crippen LogP contribution is 2.10. The van der Waals surface area contributed by atoms with Gasteiger partial charge in [-0.2, -0.15) is 0 Å². The molecule has 0 aromatic carbocycles. The summed E-state index contributed by atoms with van der Waals surface area (Å²) in [5.74, 6) is 0.244. The van der Waals surface area contributed by atoms with Gasteiger partial charge in [0.15, 0.2) is 0 Å². The Morgan fingerprint density at radius 2 is 1.24 bits per heavy atom. The molecule has 0 aromatic rings. The first-order chi connectivity index (χ1) is 8.18. The van der Waals surface area contributed by atoms with Crippen molar-refractivity contribution >= 4 is 5.91 Å². The predicted molar refractivity (Wildman–Crippen MR) is 71.9 cm³/mol. The third-order valence-corrected chi connectivity index (χ3v) is 3.05. The number of nitrogens with zero attached hydrogens (tertiary/aromatic N) is 1. The summed E-state index contributed by atoms with van der Waals surface area (Å²) in [6.07, 6.45) is 11.4. The fourth-order valence-corrected chi connectivity index (χ4v) is 1.85. The summed E-state index contributed by atoms with van der Waals surface area (Å²) in [5, 5.41) is 8.62. The van der Waals surface area contributed by atoms with Gasteiger partial charge in [-0.15, -0.1) is 0 Å². The van der Waals surface area contributed by atoms with Gasteiger partial charge in [-0.1, -0.05) is 44.9 Å².